The second-order valence-electron chi connectivity index (χ2n) is 10.6. The normalized spacial score (nSPS) is 12.2. The van der Waals surface area contributed by atoms with Gasteiger partial charge in [-0.15, -0.1) is 11.3 Å². The minimum absolute atomic E-state index is 0.138. The molecule has 0 saturated heterocycles. The molecule has 0 bridgehead atoms. The van der Waals surface area contributed by atoms with Crippen LogP contribution in [-0.4, -0.2) is 4.98 Å². The van der Waals surface area contributed by atoms with Crippen molar-refractivity contribution in [1.82, 2.24) is 4.98 Å². The summed E-state index contributed by atoms with van der Waals surface area (Å²) < 4.78 is 81.5. The fraction of sp³-hybridized carbons (Fsp3) is 0.0541. The van der Waals surface area contributed by atoms with Crippen molar-refractivity contribution >= 4 is 32.3 Å². The van der Waals surface area contributed by atoms with E-state index in [4.69, 9.17) is 4.98 Å². The third kappa shape index (κ3) is 5.58. The van der Waals surface area contributed by atoms with E-state index in [1.165, 1.54) is 0 Å². The molecule has 7 rings (SSSR count). The topological polar surface area (TPSA) is 12.9 Å². The van der Waals surface area contributed by atoms with E-state index in [2.05, 4.69) is 30.3 Å². The number of fused-ring (bicyclic) bond motifs is 2. The first-order chi connectivity index (χ1) is 21.5. The average molecular weight is 626 g/mol. The van der Waals surface area contributed by atoms with Crippen LogP contribution in [0.15, 0.2) is 127 Å². The fourth-order valence-electron chi connectivity index (χ4n) is 5.57. The van der Waals surface area contributed by atoms with E-state index < -0.39 is 23.5 Å². The Morgan fingerprint density at radius 3 is 1.64 bits per heavy atom. The highest BCUT2D eigenvalue weighted by Gasteiger charge is 2.37. The zero-order valence-electron chi connectivity index (χ0n) is 23.2. The lowest BCUT2D eigenvalue weighted by Gasteiger charge is -2.15. The molecule has 0 N–H and O–H groups in total. The molecule has 45 heavy (non-hydrogen) atoms. The summed E-state index contributed by atoms with van der Waals surface area (Å²) in [6, 6.07) is 36.4. The Labute approximate surface area is 258 Å². The van der Waals surface area contributed by atoms with Gasteiger partial charge in [0, 0.05) is 5.56 Å². The Morgan fingerprint density at radius 2 is 1.00 bits per heavy atom. The van der Waals surface area contributed by atoms with Crippen LogP contribution in [0.3, 0.4) is 0 Å². The first-order valence-corrected chi connectivity index (χ1v) is 14.7. The molecule has 1 heterocycles. The van der Waals surface area contributed by atoms with Gasteiger partial charge < -0.3 is 0 Å². The number of hydrogen-bond donors (Lipinski definition) is 0. The second-order valence-corrected chi connectivity index (χ2v) is 11.7. The van der Waals surface area contributed by atoms with E-state index in [0.29, 0.717) is 0 Å². The molecule has 8 heteroatoms. The molecular weight excluding hydrogens is 604 g/mol. The maximum atomic E-state index is 13.4. The van der Waals surface area contributed by atoms with Crippen LogP contribution in [-0.2, 0) is 12.4 Å². The fourth-order valence-corrected chi connectivity index (χ4v) is 6.57. The van der Waals surface area contributed by atoms with Crippen LogP contribution in [0.5, 0.6) is 0 Å². The predicted octanol–water partition coefficient (Wildman–Crippen LogP) is 12.2. The number of para-hydroxylation sites is 1. The highest BCUT2D eigenvalue weighted by molar-refractivity contribution is 7.21. The number of alkyl halides is 6. The molecule has 0 saturated carbocycles. The zero-order chi connectivity index (χ0) is 31.3. The Hall–Kier alpha value is -4.95. The van der Waals surface area contributed by atoms with Crippen molar-refractivity contribution in [2.45, 2.75) is 12.4 Å². The van der Waals surface area contributed by atoms with Gasteiger partial charge in [-0.3, -0.25) is 0 Å². The minimum Gasteiger partial charge on any atom is -0.236 e. The zero-order valence-corrected chi connectivity index (χ0v) is 24.1. The summed E-state index contributed by atoms with van der Waals surface area (Å²) in [5, 5.41) is 3.07. The van der Waals surface area contributed by atoms with Crippen molar-refractivity contribution in [3.8, 4) is 44.0 Å². The molecule has 0 radical (unpaired) electrons. The quantitative estimate of drug-likeness (QED) is 0.177. The maximum Gasteiger partial charge on any atom is 0.416 e. The molecule has 0 amide bonds. The van der Waals surface area contributed by atoms with E-state index >= 15 is 0 Å². The summed E-state index contributed by atoms with van der Waals surface area (Å²) >= 11 is 1.65. The molecule has 7 aromatic rings. The van der Waals surface area contributed by atoms with Gasteiger partial charge in [0.2, 0.25) is 0 Å². The van der Waals surface area contributed by atoms with Gasteiger partial charge in [0.25, 0.3) is 0 Å². The first-order valence-electron chi connectivity index (χ1n) is 13.9. The molecule has 1 aromatic heterocycles. The van der Waals surface area contributed by atoms with Gasteiger partial charge in [-0.1, -0.05) is 91.0 Å². The van der Waals surface area contributed by atoms with Crippen LogP contribution < -0.4 is 0 Å². The first kappa shape index (κ1) is 28.8. The molecule has 1 nitrogen and oxygen atoms in total. The monoisotopic (exact) mass is 625 g/mol. The van der Waals surface area contributed by atoms with Crippen molar-refractivity contribution in [3.05, 3.63) is 139 Å². The smallest absolute Gasteiger partial charge is 0.236 e. The molecule has 0 fully saturated rings. The standard InChI is InChI=1S/C37H21F6NS/c38-36(39,40)27-19-26(20-28(21-27)37(41,42)43)23-14-12-22(13-15-23)24-6-5-7-25(18-24)29-16-17-32(31-9-2-1-8-30(29)31)35-44-33-10-3-4-11-34(33)45-35/h1-21H. The maximum absolute atomic E-state index is 13.4. The van der Waals surface area contributed by atoms with Gasteiger partial charge in [-0.05, 0) is 80.6 Å². The Balaban J connectivity index is 1.25. The van der Waals surface area contributed by atoms with Crippen LogP contribution in [0.25, 0.3) is 64.9 Å². The number of hydrogen-bond acceptors (Lipinski definition) is 2. The summed E-state index contributed by atoms with van der Waals surface area (Å²) in [7, 11) is 0. The van der Waals surface area contributed by atoms with Gasteiger partial charge in [0.05, 0.1) is 21.3 Å². The predicted molar refractivity (Wildman–Crippen MR) is 169 cm³/mol. The summed E-state index contributed by atoms with van der Waals surface area (Å²) in [4.78, 5) is 4.86. The number of thiazole rings is 1. The van der Waals surface area contributed by atoms with Gasteiger partial charge in [-0.25, -0.2) is 4.98 Å². The van der Waals surface area contributed by atoms with E-state index in [9.17, 15) is 26.3 Å². The van der Waals surface area contributed by atoms with Crippen molar-refractivity contribution < 1.29 is 26.3 Å². The summed E-state index contributed by atoms with van der Waals surface area (Å²) in [5.74, 6) is 0. The third-order valence-corrected chi connectivity index (χ3v) is 8.83. The molecular formula is C37H21F6NS. The lowest BCUT2D eigenvalue weighted by molar-refractivity contribution is -0.143. The summed E-state index contributed by atoms with van der Waals surface area (Å²) in [6.07, 6.45) is -9.82. The highest BCUT2D eigenvalue weighted by atomic mass is 32.1. The third-order valence-electron chi connectivity index (χ3n) is 7.76. The SMILES string of the molecule is FC(F)(F)c1cc(-c2ccc(-c3cccc(-c4ccc(-c5nc6ccccc6s5)c5ccccc45)c3)cc2)cc(C(F)(F)F)c1. The number of nitrogens with zero attached hydrogens (tertiary/aromatic N) is 1. The summed E-state index contributed by atoms with van der Waals surface area (Å²) in [6.45, 7) is 0. The number of halogens is 6. The van der Waals surface area contributed by atoms with Crippen LogP contribution in [0, 0.1) is 0 Å². The minimum atomic E-state index is -4.91. The van der Waals surface area contributed by atoms with Gasteiger partial charge in [0.1, 0.15) is 5.01 Å². The Morgan fingerprint density at radius 1 is 0.444 bits per heavy atom. The molecule has 0 spiro atoms. The average Bonchev–Trinajstić information content (AvgIpc) is 3.48. The van der Waals surface area contributed by atoms with Crippen LogP contribution in [0.1, 0.15) is 11.1 Å². The molecule has 0 aliphatic rings. The van der Waals surface area contributed by atoms with E-state index in [1.807, 2.05) is 54.6 Å². The Kier molecular flexibility index (Phi) is 6.97. The molecule has 0 aliphatic heterocycles. The molecule has 0 aliphatic carbocycles. The lowest BCUT2D eigenvalue weighted by atomic mass is 9.92. The van der Waals surface area contributed by atoms with Crippen molar-refractivity contribution in [2.75, 3.05) is 0 Å². The van der Waals surface area contributed by atoms with E-state index in [0.717, 1.165) is 65.9 Å². The van der Waals surface area contributed by atoms with Gasteiger partial charge in [0.15, 0.2) is 0 Å². The number of benzene rings is 6. The largest absolute Gasteiger partial charge is 0.416 e. The second kappa shape index (κ2) is 10.9. The molecule has 6 aromatic carbocycles. The molecule has 222 valence electrons. The van der Waals surface area contributed by atoms with Crippen molar-refractivity contribution in [1.29, 1.82) is 0 Å². The Bertz CT molecular complexity index is 2130. The highest BCUT2D eigenvalue weighted by Crippen LogP contribution is 2.41. The summed E-state index contributed by atoms with van der Waals surface area (Å²) in [5.41, 5.74) is 3.05. The van der Waals surface area contributed by atoms with E-state index in [-0.39, 0.29) is 17.2 Å². The van der Waals surface area contributed by atoms with Crippen LogP contribution in [0.2, 0.25) is 0 Å². The lowest BCUT2D eigenvalue weighted by Crippen LogP contribution is -2.11. The molecule has 0 atom stereocenters. The van der Waals surface area contributed by atoms with Gasteiger partial charge in [-0.2, -0.15) is 26.3 Å². The van der Waals surface area contributed by atoms with Crippen LogP contribution >= 0.6 is 11.3 Å². The number of aromatic nitrogens is 1. The van der Waals surface area contributed by atoms with Crippen molar-refractivity contribution in [3.63, 3.8) is 0 Å². The molecule has 0 unspecified atom stereocenters. The van der Waals surface area contributed by atoms with Gasteiger partial charge >= 0.3 is 12.4 Å². The number of rotatable bonds is 4. The van der Waals surface area contributed by atoms with E-state index in [1.54, 1.807) is 35.6 Å². The van der Waals surface area contributed by atoms with Crippen LogP contribution in [0.4, 0.5) is 26.3 Å². The van der Waals surface area contributed by atoms with Crippen molar-refractivity contribution in [2.24, 2.45) is 0 Å².